The first-order chi connectivity index (χ1) is 15.5. The third-order valence-electron chi connectivity index (χ3n) is 5.43. The monoisotopic (exact) mass is 431 g/mol. The van der Waals surface area contributed by atoms with E-state index < -0.39 is 17.2 Å². The van der Waals surface area contributed by atoms with Gasteiger partial charge in [-0.05, 0) is 36.6 Å². The maximum Gasteiger partial charge on any atom is 0.333 e. The Hall–Kier alpha value is -3.94. The van der Waals surface area contributed by atoms with Gasteiger partial charge >= 0.3 is 5.69 Å². The van der Waals surface area contributed by atoms with Crippen molar-refractivity contribution in [1.29, 1.82) is 0 Å². The van der Waals surface area contributed by atoms with E-state index in [0.717, 1.165) is 22.1 Å². The van der Waals surface area contributed by atoms with Gasteiger partial charge in [-0.3, -0.25) is 14.2 Å². The van der Waals surface area contributed by atoms with Gasteiger partial charge in [0.1, 0.15) is 6.54 Å². The summed E-state index contributed by atoms with van der Waals surface area (Å²) in [4.78, 5) is 43.6. The summed E-state index contributed by atoms with van der Waals surface area (Å²) in [5.74, 6) is -0.439. The van der Waals surface area contributed by atoms with Crippen LogP contribution in [0.25, 0.3) is 11.2 Å². The van der Waals surface area contributed by atoms with Crippen molar-refractivity contribution >= 4 is 22.8 Å². The van der Waals surface area contributed by atoms with E-state index in [-0.39, 0.29) is 13.1 Å². The molecule has 2 aromatic heterocycles. The van der Waals surface area contributed by atoms with Crippen LogP contribution >= 0.6 is 0 Å². The molecule has 4 rings (SSSR count). The van der Waals surface area contributed by atoms with Gasteiger partial charge in [-0.15, -0.1) is 0 Å². The lowest BCUT2D eigenvalue weighted by Gasteiger charge is -2.13. The number of imidazole rings is 1. The molecule has 0 aliphatic carbocycles. The Bertz CT molecular complexity index is 1380. The maximum absolute atomic E-state index is 13.3. The van der Waals surface area contributed by atoms with Crippen LogP contribution in [-0.4, -0.2) is 24.6 Å². The molecule has 2 heterocycles. The Labute approximate surface area is 184 Å². The fourth-order valence-corrected chi connectivity index (χ4v) is 3.74. The van der Waals surface area contributed by atoms with Gasteiger partial charge in [0.25, 0.3) is 5.56 Å². The molecule has 0 bridgehead atoms. The van der Waals surface area contributed by atoms with E-state index in [9.17, 15) is 14.4 Å². The maximum atomic E-state index is 13.3. The molecule has 0 radical (unpaired) electrons. The third kappa shape index (κ3) is 4.12. The molecule has 0 aliphatic heterocycles. The first-order valence-electron chi connectivity index (χ1n) is 10.6. The molecule has 0 fully saturated rings. The van der Waals surface area contributed by atoms with Crippen molar-refractivity contribution in [1.82, 2.24) is 18.7 Å². The van der Waals surface area contributed by atoms with Gasteiger partial charge < -0.3 is 9.88 Å². The number of benzene rings is 2. The fourth-order valence-electron chi connectivity index (χ4n) is 3.74. The molecular weight excluding hydrogens is 406 g/mol. The first kappa shape index (κ1) is 21.3. The standard InChI is InChI=1S/C24H25N5O3/c1-3-17-11-8-12-19(13-17)26-20(30)15-29-23(31)21-22(25-16-27(21)4-2)28(24(29)32)14-18-9-6-5-7-10-18/h5-13,16H,3-4,14-15H2,1-2H3,(H,26,30). The minimum Gasteiger partial charge on any atom is -0.325 e. The van der Waals surface area contributed by atoms with Gasteiger partial charge in [0.15, 0.2) is 11.2 Å². The summed E-state index contributed by atoms with van der Waals surface area (Å²) in [5.41, 5.74) is 2.15. The number of aromatic nitrogens is 4. The Morgan fingerprint density at radius 2 is 1.72 bits per heavy atom. The van der Waals surface area contributed by atoms with Crippen LogP contribution in [0.2, 0.25) is 0 Å². The molecule has 0 saturated carbocycles. The third-order valence-corrected chi connectivity index (χ3v) is 5.43. The Morgan fingerprint density at radius 1 is 0.969 bits per heavy atom. The number of nitrogens with zero attached hydrogens (tertiary/aromatic N) is 4. The van der Waals surface area contributed by atoms with Crippen molar-refractivity contribution in [3.63, 3.8) is 0 Å². The number of amides is 1. The number of anilines is 1. The van der Waals surface area contributed by atoms with Crippen molar-refractivity contribution in [3.05, 3.63) is 92.9 Å². The van der Waals surface area contributed by atoms with Crippen LogP contribution < -0.4 is 16.6 Å². The van der Waals surface area contributed by atoms with Gasteiger partial charge in [0, 0.05) is 12.2 Å². The van der Waals surface area contributed by atoms with E-state index in [0.29, 0.717) is 23.4 Å². The molecule has 164 valence electrons. The summed E-state index contributed by atoms with van der Waals surface area (Å²) in [6.07, 6.45) is 2.39. The van der Waals surface area contributed by atoms with Crippen LogP contribution in [-0.2, 0) is 30.8 Å². The van der Waals surface area contributed by atoms with Crippen LogP contribution in [0.15, 0.2) is 70.5 Å². The lowest BCUT2D eigenvalue weighted by Crippen LogP contribution is -2.43. The van der Waals surface area contributed by atoms with Gasteiger partial charge in [-0.2, -0.15) is 0 Å². The lowest BCUT2D eigenvalue weighted by molar-refractivity contribution is -0.116. The Kier molecular flexibility index (Phi) is 6.02. The molecule has 0 spiro atoms. The molecule has 32 heavy (non-hydrogen) atoms. The van der Waals surface area contributed by atoms with Crippen LogP contribution in [0, 0.1) is 0 Å². The van der Waals surface area contributed by atoms with Crippen LogP contribution in [0.5, 0.6) is 0 Å². The van der Waals surface area contributed by atoms with E-state index in [1.54, 1.807) is 17.0 Å². The van der Waals surface area contributed by atoms with Gasteiger partial charge in [0.05, 0.1) is 12.9 Å². The largest absolute Gasteiger partial charge is 0.333 e. The average molecular weight is 431 g/mol. The molecule has 1 amide bonds. The van der Waals surface area contributed by atoms with E-state index in [2.05, 4.69) is 10.3 Å². The molecule has 4 aromatic rings. The second-order valence-electron chi connectivity index (χ2n) is 7.55. The molecule has 0 atom stereocenters. The Balaban J connectivity index is 1.75. The highest BCUT2D eigenvalue weighted by molar-refractivity contribution is 5.90. The SMILES string of the molecule is CCc1cccc(NC(=O)Cn2c(=O)c3c(ncn3CC)n(Cc3ccccc3)c2=O)c1. The van der Waals surface area contributed by atoms with E-state index in [1.165, 1.54) is 4.57 Å². The summed E-state index contributed by atoms with van der Waals surface area (Å²) in [5, 5.41) is 2.79. The highest BCUT2D eigenvalue weighted by Gasteiger charge is 2.19. The smallest absolute Gasteiger partial charge is 0.325 e. The Morgan fingerprint density at radius 3 is 2.44 bits per heavy atom. The van der Waals surface area contributed by atoms with Crippen LogP contribution in [0.1, 0.15) is 25.0 Å². The summed E-state index contributed by atoms with van der Waals surface area (Å²) >= 11 is 0. The van der Waals surface area contributed by atoms with Gasteiger partial charge in [-0.1, -0.05) is 49.4 Å². The van der Waals surface area contributed by atoms with E-state index in [4.69, 9.17) is 0 Å². The molecule has 2 aromatic carbocycles. The second-order valence-corrected chi connectivity index (χ2v) is 7.55. The molecule has 1 N–H and O–H groups in total. The predicted molar refractivity (Wildman–Crippen MR) is 124 cm³/mol. The highest BCUT2D eigenvalue weighted by atomic mass is 16.2. The average Bonchev–Trinajstić information content (AvgIpc) is 3.24. The zero-order valence-electron chi connectivity index (χ0n) is 18.1. The summed E-state index contributed by atoms with van der Waals surface area (Å²) in [6.45, 7) is 4.31. The normalized spacial score (nSPS) is 11.1. The molecular formula is C24H25N5O3. The van der Waals surface area contributed by atoms with Crippen molar-refractivity contribution in [3.8, 4) is 0 Å². The first-order valence-corrected chi connectivity index (χ1v) is 10.6. The van der Waals surface area contributed by atoms with E-state index >= 15 is 0 Å². The van der Waals surface area contributed by atoms with Crippen molar-refractivity contribution in [2.24, 2.45) is 0 Å². The fraction of sp³-hybridized carbons (Fsp3) is 0.250. The number of hydrogen-bond donors (Lipinski definition) is 1. The number of carbonyl (C=O) groups is 1. The number of aryl methyl sites for hydroxylation is 2. The number of hydrogen-bond acceptors (Lipinski definition) is 4. The van der Waals surface area contributed by atoms with E-state index in [1.807, 2.05) is 62.4 Å². The number of fused-ring (bicyclic) bond motifs is 1. The summed E-state index contributed by atoms with van der Waals surface area (Å²) < 4.78 is 4.12. The molecule has 8 nitrogen and oxygen atoms in total. The zero-order valence-corrected chi connectivity index (χ0v) is 18.1. The molecule has 0 saturated heterocycles. The molecule has 0 unspecified atom stereocenters. The lowest BCUT2D eigenvalue weighted by atomic mass is 10.1. The minimum atomic E-state index is -0.565. The van der Waals surface area contributed by atoms with Crippen molar-refractivity contribution in [2.75, 3.05) is 5.32 Å². The predicted octanol–water partition coefficient (Wildman–Crippen LogP) is 2.63. The minimum absolute atomic E-state index is 0.247. The van der Waals surface area contributed by atoms with Gasteiger partial charge in [0.2, 0.25) is 5.91 Å². The highest BCUT2D eigenvalue weighted by Crippen LogP contribution is 2.12. The summed E-state index contributed by atoms with van der Waals surface area (Å²) in [7, 11) is 0. The molecule has 0 aliphatic rings. The van der Waals surface area contributed by atoms with Crippen molar-refractivity contribution in [2.45, 2.75) is 39.9 Å². The van der Waals surface area contributed by atoms with Crippen LogP contribution in [0.3, 0.4) is 0 Å². The van der Waals surface area contributed by atoms with Crippen LogP contribution in [0.4, 0.5) is 5.69 Å². The quantitative estimate of drug-likeness (QED) is 0.487. The second kappa shape index (κ2) is 9.05. The number of carbonyl (C=O) groups excluding carboxylic acids is 1. The summed E-state index contributed by atoms with van der Waals surface area (Å²) in [6, 6.07) is 17.0. The topological polar surface area (TPSA) is 90.9 Å². The zero-order chi connectivity index (χ0) is 22.7. The number of nitrogens with one attached hydrogen (secondary N) is 1. The molecule has 8 heteroatoms. The number of rotatable bonds is 7. The van der Waals surface area contributed by atoms with Gasteiger partial charge in [-0.25, -0.2) is 14.3 Å². The van der Waals surface area contributed by atoms with Crippen molar-refractivity contribution < 1.29 is 4.79 Å².